The fraction of sp³-hybridized carbons (Fsp3) is 0.500. The number of benzene rings is 1. The molecule has 0 bridgehead atoms. The summed E-state index contributed by atoms with van der Waals surface area (Å²) in [7, 11) is 0. The normalized spacial score (nSPS) is 15.6. The van der Waals surface area contributed by atoms with Crippen LogP contribution in [0.5, 0.6) is 0 Å². The Labute approximate surface area is 169 Å². The molecule has 150 valence electrons. The Balaban J connectivity index is 1.54. The lowest BCUT2D eigenvalue weighted by molar-refractivity contribution is -0.132. The van der Waals surface area contributed by atoms with E-state index in [0.717, 1.165) is 5.56 Å². The first-order valence-corrected chi connectivity index (χ1v) is 10.4. The van der Waals surface area contributed by atoms with Crippen molar-refractivity contribution in [3.8, 4) is 11.5 Å². The van der Waals surface area contributed by atoms with Gasteiger partial charge in [-0.05, 0) is 36.0 Å². The van der Waals surface area contributed by atoms with E-state index in [9.17, 15) is 9.59 Å². The number of carbonyl (C=O) groups is 2. The Bertz CT molecular complexity index is 834. The van der Waals surface area contributed by atoms with Gasteiger partial charge in [0.2, 0.25) is 17.7 Å². The maximum atomic E-state index is 12.4. The Hall–Kier alpha value is -2.35. The lowest BCUT2D eigenvalue weighted by atomic mass is 9.87. The van der Waals surface area contributed by atoms with Crippen molar-refractivity contribution in [2.24, 2.45) is 11.7 Å². The summed E-state index contributed by atoms with van der Waals surface area (Å²) in [6, 6.07) is 8.06. The van der Waals surface area contributed by atoms with Gasteiger partial charge in [0.1, 0.15) is 0 Å². The van der Waals surface area contributed by atoms with E-state index in [2.05, 4.69) is 43.1 Å². The van der Waals surface area contributed by atoms with E-state index in [1.54, 1.807) is 4.90 Å². The molecule has 3 rings (SSSR count). The number of amides is 2. The van der Waals surface area contributed by atoms with Gasteiger partial charge in [-0.15, -0.1) is 10.2 Å². The molecule has 0 spiro atoms. The summed E-state index contributed by atoms with van der Waals surface area (Å²) in [6.45, 7) is 7.61. The Morgan fingerprint density at radius 2 is 1.82 bits per heavy atom. The van der Waals surface area contributed by atoms with Crippen molar-refractivity contribution < 1.29 is 14.0 Å². The molecule has 1 aliphatic rings. The van der Waals surface area contributed by atoms with Crippen molar-refractivity contribution in [3.05, 3.63) is 29.8 Å². The van der Waals surface area contributed by atoms with E-state index in [-0.39, 0.29) is 28.9 Å². The molecular weight excluding hydrogens is 376 g/mol. The van der Waals surface area contributed by atoms with Crippen molar-refractivity contribution in [1.82, 2.24) is 15.1 Å². The summed E-state index contributed by atoms with van der Waals surface area (Å²) in [5.74, 6) is 0.265. The molecule has 2 heterocycles. The standard InChI is InChI=1S/C20H26N4O3S/c1-20(2,3)15-6-4-14(5-7-15)18-22-23-19(27-18)28-12-16(25)24-10-8-13(9-11-24)17(21)26/h4-7,13H,8-12H2,1-3H3,(H2,21,26). The number of likely N-dealkylation sites (tertiary alicyclic amines) is 1. The highest BCUT2D eigenvalue weighted by Gasteiger charge is 2.26. The SMILES string of the molecule is CC(C)(C)c1ccc(-c2nnc(SCC(=O)N3CCC(C(N)=O)CC3)o2)cc1. The highest BCUT2D eigenvalue weighted by Crippen LogP contribution is 2.27. The smallest absolute Gasteiger partial charge is 0.277 e. The van der Waals surface area contributed by atoms with Crippen LogP contribution in [0.1, 0.15) is 39.2 Å². The van der Waals surface area contributed by atoms with Gasteiger partial charge in [0.25, 0.3) is 5.22 Å². The molecule has 0 saturated carbocycles. The van der Waals surface area contributed by atoms with Gasteiger partial charge in [-0.2, -0.15) is 0 Å². The van der Waals surface area contributed by atoms with Gasteiger partial charge < -0.3 is 15.1 Å². The molecule has 1 aromatic carbocycles. The van der Waals surface area contributed by atoms with Gasteiger partial charge in [-0.1, -0.05) is 44.7 Å². The minimum absolute atomic E-state index is 0.00204. The van der Waals surface area contributed by atoms with Crippen LogP contribution in [0.3, 0.4) is 0 Å². The number of hydrogen-bond acceptors (Lipinski definition) is 6. The average molecular weight is 403 g/mol. The lowest BCUT2D eigenvalue weighted by Crippen LogP contribution is -2.42. The van der Waals surface area contributed by atoms with Crippen LogP contribution < -0.4 is 5.73 Å². The van der Waals surface area contributed by atoms with Crippen LogP contribution in [0.15, 0.2) is 33.9 Å². The topological polar surface area (TPSA) is 102 Å². The number of thioether (sulfide) groups is 1. The largest absolute Gasteiger partial charge is 0.411 e. The first-order valence-electron chi connectivity index (χ1n) is 9.38. The van der Waals surface area contributed by atoms with Crippen molar-refractivity contribution in [1.29, 1.82) is 0 Å². The molecule has 28 heavy (non-hydrogen) atoms. The number of carbonyl (C=O) groups excluding carboxylic acids is 2. The maximum absolute atomic E-state index is 12.4. The fourth-order valence-corrected chi connectivity index (χ4v) is 3.79. The van der Waals surface area contributed by atoms with Crippen molar-refractivity contribution >= 4 is 23.6 Å². The molecule has 1 aliphatic heterocycles. The predicted molar refractivity (Wildman–Crippen MR) is 108 cm³/mol. The van der Waals surface area contributed by atoms with Gasteiger partial charge in [0.05, 0.1) is 5.75 Å². The molecule has 1 aromatic heterocycles. The van der Waals surface area contributed by atoms with Crippen molar-refractivity contribution in [3.63, 3.8) is 0 Å². The second kappa shape index (κ2) is 8.34. The Kier molecular flexibility index (Phi) is 6.07. The summed E-state index contributed by atoms with van der Waals surface area (Å²) in [5, 5.41) is 8.49. The van der Waals surface area contributed by atoms with Crippen LogP contribution in [0.25, 0.3) is 11.5 Å². The molecule has 0 unspecified atom stereocenters. The second-order valence-electron chi connectivity index (χ2n) is 8.05. The molecule has 0 atom stereocenters. The molecule has 0 radical (unpaired) electrons. The van der Waals surface area contributed by atoms with Gasteiger partial charge >= 0.3 is 0 Å². The van der Waals surface area contributed by atoms with Crippen LogP contribution in [0.4, 0.5) is 0 Å². The van der Waals surface area contributed by atoms with Gasteiger partial charge in [-0.3, -0.25) is 9.59 Å². The monoisotopic (exact) mass is 402 g/mol. The first-order chi connectivity index (χ1) is 13.2. The third kappa shape index (κ3) is 4.92. The van der Waals surface area contributed by atoms with Crippen LogP contribution in [0.2, 0.25) is 0 Å². The first kappa shape index (κ1) is 20.4. The molecule has 1 saturated heterocycles. The number of hydrogen-bond donors (Lipinski definition) is 1. The zero-order valence-electron chi connectivity index (χ0n) is 16.5. The quantitative estimate of drug-likeness (QED) is 0.772. The second-order valence-corrected chi connectivity index (χ2v) is 8.97. The van der Waals surface area contributed by atoms with Gasteiger partial charge in [0.15, 0.2) is 0 Å². The summed E-state index contributed by atoms with van der Waals surface area (Å²) >= 11 is 1.23. The van der Waals surface area contributed by atoms with Crippen LogP contribution in [-0.2, 0) is 15.0 Å². The molecule has 7 nitrogen and oxygen atoms in total. The Morgan fingerprint density at radius 1 is 1.18 bits per heavy atom. The number of rotatable bonds is 5. The maximum Gasteiger partial charge on any atom is 0.277 e. The van der Waals surface area contributed by atoms with Gasteiger partial charge in [-0.25, -0.2) is 0 Å². The van der Waals surface area contributed by atoms with E-state index in [1.807, 2.05) is 12.1 Å². The number of aromatic nitrogens is 2. The van der Waals surface area contributed by atoms with E-state index in [0.29, 0.717) is 37.0 Å². The number of nitrogens with zero attached hydrogens (tertiary/aromatic N) is 3. The lowest BCUT2D eigenvalue weighted by Gasteiger charge is -2.30. The summed E-state index contributed by atoms with van der Waals surface area (Å²) < 4.78 is 5.69. The van der Waals surface area contributed by atoms with E-state index < -0.39 is 0 Å². The number of piperidine rings is 1. The number of primary amides is 1. The molecule has 8 heteroatoms. The summed E-state index contributed by atoms with van der Waals surface area (Å²) in [6.07, 6.45) is 1.25. The molecule has 2 aromatic rings. The van der Waals surface area contributed by atoms with Crippen LogP contribution >= 0.6 is 11.8 Å². The van der Waals surface area contributed by atoms with Gasteiger partial charge in [0, 0.05) is 24.6 Å². The molecule has 0 aliphatic carbocycles. The summed E-state index contributed by atoms with van der Waals surface area (Å²) in [5.41, 5.74) is 7.50. The van der Waals surface area contributed by atoms with Crippen molar-refractivity contribution in [2.75, 3.05) is 18.8 Å². The zero-order chi connectivity index (χ0) is 20.3. The Morgan fingerprint density at radius 3 is 2.39 bits per heavy atom. The molecule has 2 amide bonds. The van der Waals surface area contributed by atoms with Crippen molar-refractivity contribution in [2.45, 2.75) is 44.3 Å². The molecule has 2 N–H and O–H groups in total. The number of nitrogens with two attached hydrogens (primary N) is 1. The minimum Gasteiger partial charge on any atom is -0.411 e. The fourth-order valence-electron chi connectivity index (χ4n) is 3.13. The average Bonchev–Trinajstić information content (AvgIpc) is 3.14. The summed E-state index contributed by atoms with van der Waals surface area (Å²) in [4.78, 5) is 25.3. The zero-order valence-corrected chi connectivity index (χ0v) is 17.3. The third-order valence-electron chi connectivity index (χ3n) is 4.97. The highest BCUT2D eigenvalue weighted by molar-refractivity contribution is 7.99. The van der Waals surface area contributed by atoms with E-state index in [4.69, 9.17) is 10.2 Å². The third-order valence-corrected chi connectivity index (χ3v) is 5.78. The van der Waals surface area contributed by atoms with E-state index in [1.165, 1.54) is 17.3 Å². The van der Waals surface area contributed by atoms with Crippen LogP contribution in [0, 0.1) is 5.92 Å². The van der Waals surface area contributed by atoms with Crippen LogP contribution in [-0.4, -0.2) is 45.8 Å². The predicted octanol–water partition coefficient (Wildman–Crippen LogP) is 2.85. The highest BCUT2D eigenvalue weighted by atomic mass is 32.2. The minimum atomic E-state index is -0.282. The molecular formula is C20H26N4O3S. The molecule has 1 fully saturated rings. The van der Waals surface area contributed by atoms with E-state index >= 15 is 0 Å².